The maximum absolute atomic E-state index is 3.75. The van der Waals surface area contributed by atoms with E-state index in [1.165, 1.54) is 5.56 Å². The van der Waals surface area contributed by atoms with Gasteiger partial charge >= 0.3 is 0 Å². The summed E-state index contributed by atoms with van der Waals surface area (Å²) >= 11 is 3.54. The summed E-state index contributed by atoms with van der Waals surface area (Å²) in [6.45, 7) is 7.29. The molecule has 0 amide bonds. The van der Waals surface area contributed by atoms with E-state index in [2.05, 4.69) is 47.0 Å². The minimum atomic E-state index is 0.306. The molecule has 0 spiro atoms. The molecule has 0 fully saturated rings. The van der Waals surface area contributed by atoms with Gasteiger partial charge in [-0.05, 0) is 23.6 Å². The second-order valence-electron chi connectivity index (χ2n) is 3.04. The number of hydrogen-bond acceptors (Lipinski definition) is 0. The van der Waals surface area contributed by atoms with E-state index >= 15 is 0 Å². The second kappa shape index (κ2) is 5.64. The first-order chi connectivity index (χ1) is 6.76. The van der Waals surface area contributed by atoms with Gasteiger partial charge in [0.25, 0.3) is 0 Å². The van der Waals surface area contributed by atoms with Gasteiger partial charge in [0, 0.05) is 4.83 Å². The Morgan fingerprint density at radius 3 is 2.93 bits per heavy atom. The Hall–Kier alpha value is -1.04. The third-order valence-electron chi connectivity index (χ3n) is 1.92. The molecule has 0 radical (unpaired) electrons. The standard InChI is InChI=1S/C13H13Br/c1-3-6-13(14)10-12-8-5-7-11(4-2)9-12/h4-9,13H,1-2,10H2. The molecule has 0 heterocycles. The average molecular weight is 249 g/mol. The van der Waals surface area contributed by atoms with Crippen LogP contribution in [-0.2, 0) is 6.42 Å². The maximum atomic E-state index is 3.75. The van der Waals surface area contributed by atoms with Crippen molar-refractivity contribution in [3.05, 3.63) is 60.4 Å². The third-order valence-corrected chi connectivity index (χ3v) is 2.50. The van der Waals surface area contributed by atoms with Gasteiger partial charge in [-0.3, -0.25) is 0 Å². The van der Waals surface area contributed by atoms with Crippen LogP contribution in [0.4, 0.5) is 0 Å². The van der Waals surface area contributed by atoms with E-state index in [1.54, 1.807) is 0 Å². The fraction of sp³-hybridized carbons (Fsp3) is 0.154. The van der Waals surface area contributed by atoms with Gasteiger partial charge in [-0.2, -0.15) is 0 Å². The molecule has 0 N–H and O–H groups in total. The van der Waals surface area contributed by atoms with E-state index in [0.717, 1.165) is 12.0 Å². The quantitative estimate of drug-likeness (QED) is 0.559. The molecule has 0 saturated heterocycles. The van der Waals surface area contributed by atoms with E-state index in [-0.39, 0.29) is 0 Å². The number of allylic oxidation sites excluding steroid dienone is 1. The predicted octanol–water partition coefficient (Wildman–Crippen LogP) is 3.98. The number of halogens is 1. The summed E-state index contributed by atoms with van der Waals surface area (Å²) in [4.78, 5) is 0.306. The Bertz CT molecular complexity index is 359. The molecule has 1 rings (SSSR count). The van der Waals surface area contributed by atoms with Crippen molar-refractivity contribution in [1.82, 2.24) is 0 Å². The molecule has 0 nitrogen and oxygen atoms in total. The molecule has 1 atom stereocenters. The van der Waals surface area contributed by atoms with Gasteiger partial charge in [0.2, 0.25) is 0 Å². The van der Waals surface area contributed by atoms with Crippen LogP contribution in [-0.4, -0.2) is 4.83 Å². The first-order valence-electron chi connectivity index (χ1n) is 4.47. The highest BCUT2D eigenvalue weighted by Crippen LogP contribution is 2.13. The van der Waals surface area contributed by atoms with Gasteiger partial charge in [-0.25, -0.2) is 0 Å². The van der Waals surface area contributed by atoms with Crippen LogP contribution in [0.25, 0.3) is 6.08 Å². The molecule has 1 aromatic carbocycles. The number of rotatable bonds is 4. The summed E-state index contributed by atoms with van der Waals surface area (Å²) in [5.74, 6) is 0. The van der Waals surface area contributed by atoms with Gasteiger partial charge in [-0.1, -0.05) is 59.4 Å². The summed E-state index contributed by atoms with van der Waals surface area (Å²) in [5, 5.41) is 0. The molecule has 1 heteroatoms. The lowest BCUT2D eigenvalue weighted by Crippen LogP contribution is -1.97. The van der Waals surface area contributed by atoms with Crippen LogP contribution >= 0.6 is 15.9 Å². The Labute approximate surface area is 93.8 Å². The highest BCUT2D eigenvalue weighted by Gasteiger charge is 2.00. The predicted molar refractivity (Wildman–Crippen MR) is 66.7 cm³/mol. The summed E-state index contributed by atoms with van der Waals surface area (Å²) in [6.07, 6.45) is 4.72. The first kappa shape index (κ1) is 11.0. The molecule has 0 bridgehead atoms. The molecule has 0 aliphatic carbocycles. The average Bonchev–Trinajstić information content (AvgIpc) is 2.18. The van der Waals surface area contributed by atoms with Crippen molar-refractivity contribution in [2.24, 2.45) is 0 Å². The fourth-order valence-electron chi connectivity index (χ4n) is 1.26. The molecule has 1 unspecified atom stereocenters. The van der Waals surface area contributed by atoms with E-state index in [9.17, 15) is 0 Å². The first-order valence-corrected chi connectivity index (χ1v) is 5.39. The zero-order chi connectivity index (χ0) is 10.4. The molecule has 14 heavy (non-hydrogen) atoms. The Kier molecular flexibility index (Phi) is 4.45. The molecule has 72 valence electrons. The number of benzene rings is 1. The molecule has 0 aliphatic heterocycles. The zero-order valence-electron chi connectivity index (χ0n) is 8.04. The van der Waals surface area contributed by atoms with Crippen LogP contribution < -0.4 is 0 Å². The highest BCUT2D eigenvalue weighted by atomic mass is 79.9. The molecule has 0 aromatic heterocycles. The van der Waals surface area contributed by atoms with Crippen molar-refractivity contribution < 1.29 is 0 Å². The lowest BCUT2D eigenvalue weighted by atomic mass is 10.1. The van der Waals surface area contributed by atoms with Crippen molar-refractivity contribution in [2.75, 3.05) is 0 Å². The van der Waals surface area contributed by atoms with E-state index in [4.69, 9.17) is 0 Å². The van der Waals surface area contributed by atoms with Gasteiger partial charge in [0.1, 0.15) is 0 Å². The summed E-state index contributed by atoms with van der Waals surface area (Å²) < 4.78 is 0. The lowest BCUT2D eigenvalue weighted by molar-refractivity contribution is 1.04. The van der Waals surface area contributed by atoms with Gasteiger partial charge < -0.3 is 0 Å². The second-order valence-corrected chi connectivity index (χ2v) is 4.22. The van der Waals surface area contributed by atoms with E-state index in [0.29, 0.717) is 4.83 Å². The van der Waals surface area contributed by atoms with Gasteiger partial charge in [0.05, 0.1) is 0 Å². The van der Waals surface area contributed by atoms with Crippen molar-refractivity contribution in [2.45, 2.75) is 11.2 Å². The minimum Gasteiger partial charge on any atom is -0.132 e. The van der Waals surface area contributed by atoms with Crippen LogP contribution in [0, 0.1) is 0 Å². The van der Waals surface area contributed by atoms with Crippen molar-refractivity contribution in [3.8, 4) is 0 Å². The Balaban J connectivity index is 2.75. The van der Waals surface area contributed by atoms with Crippen LogP contribution in [0.5, 0.6) is 0 Å². The normalized spacial score (nSPS) is 11.5. The van der Waals surface area contributed by atoms with Crippen molar-refractivity contribution >= 4 is 22.0 Å². The molecular formula is C13H13Br. The fourth-order valence-corrected chi connectivity index (χ4v) is 1.82. The van der Waals surface area contributed by atoms with E-state index in [1.807, 2.05) is 24.3 Å². The molecule has 0 aliphatic rings. The zero-order valence-corrected chi connectivity index (χ0v) is 9.63. The topological polar surface area (TPSA) is 0 Å². The van der Waals surface area contributed by atoms with Crippen molar-refractivity contribution in [1.29, 1.82) is 0 Å². The SMILES string of the molecule is C=C=CC(Br)Cc1cccc(C=C)c1. The third kappa shape index (κ3) is 3.37. The van der Waals surface area contributed by atoms with Crippen LogP contribution in [0.3, 0.4) is 0 Å². The van der Waals surface area contributed by atoms with Crippen LogP contribution in [0.2, 0.25) is 0 Å². The van der Waals surface area contributed by atoms with Crippen molar-refractivity contribution in [3.63, 3.8) is 0 Å². The molecule has 1 aromatic rings. The number of hydrogen-bond donors (Lipinski definition) is 0. The highest BCUT2D eigenvalue weighted by molar-refractivity contribution is 9.09. The largest absolute Gasteiger partial charge is 0.132 e. The Morgan fingerprint density at radius 1 is 1.50 bits per heavy atom. The van der Waals surface area contributed by atoms with Crippen LogP contribution in [0.15, 0.2) is 49.2 Å². The summed E-state index contributed by atoms with van der Waals surface area (Å²) in [6, 6.07) is 8.34. The monoisotopic (exact) mass is 248 g/mol. The van der Waals surface area contributed by atoms with Gasteiger partial charge in [-0.15, -0.1) is 5.73 Å². The summed E-state index contributed by atoms with van der Waals surface area (Å²) in [7, 11) is 0. The summed E-state index contributed by atoms with van der Waals surface area (Å²) in [5.41, 5.74) is 5.22. The van der Waals surface area contributed by atoms with Gasteiger partial charge in [0.15, 0.2) is 0 Å². The number of alkyl halides is 1. The maximum Gasteiger partial charge on any atom is 0.0439 e. The minimum absolute atomic E-state index is 0.306. The van der Waals surface area contributed by atoms with Crippen LogP contribution in [0.1, 0.15) is 11.1 Å². The Morgan fingerprint density at radius 2 is 2.29 bits per heavy atom. The molecular weight excluding hydrogens is 236 g/mol. The smallest absolute Gasteiger partial charge is 0.0439 e. The molecule has 0 saturated carbocycles. The van der Waals surface area contributed by atoms with E-state index < -0.39 is 0 Å². The lowest BCUT2D eigenvalue weighted by Gasteiger charge is -2.04.